The summed E-state index contributed by atoms with van der Waals surface area (Å²) in [5, 5.41) is 0. The molecule has 0 aliphatic carbocycles. The van der Waals surface area contributed by atoms with Crippen molar-refractivity contribution in [2.45, 2.75) is 12.1 Å². The van der Waals surface area contributed by atoms with Gasteiger partial charge in [0.2, 0.25) is 5.88 Å². The van der Waals surface area contributed by atoms with Crippen LogP contribution in [-0.4, -0.2) is 33.5 Å². The van der Waals surface area contributed by atoms with Gasteiger partial charge in [-0.25, -0.2) is 9.37 Å². The molecule has 3 nitrogen and oxygen atoms in total. The van der Waals surface area contributed by atoms with Crippen molar-refractivity contribution in [3.8, 4) is 5.88 Å². The van der Waals surface area contributed by atoms with E-state index in [9.17, 15) is 8.78 Å². The molecule has 20 heavy (non-hydrogen) atoms. The Bertz CT molecular complexity index is 620. The summed E-state index contributed by atoms with van der Waals surface area (Å²) in [6, 6.07) is 5.03. The predicted molar refractivity (Wildman–Crippen MR) is 72.4 cm³/mol. The number of rotatable bonds is 4. The first-order valence-corrected chi connectivity index (χ1v) is 5.63. The highest BCUT2D eigenvalue weighted by atomic mass is 19.1. The van der Waals surface area contributed by atoms with Gasteiger partial charge in [0.25, 0.3) is 0 Å². The fraction of sp³-hybridized carbons (Fsp3) is 0.167. The van der Waals surface area contributed by atoms with Crippen molar-refractivity contribution in [1.29, 1.82) is 0 Å². The van der Waals surface area contributed by atoms with E-state index < -0.39 is 11.3 Å². The lowest BCUT2D eigenvalue weighted by molar-refractivity contribution is 0.288. The van der Waals surface area contributed by atoms with Gasteiger partial charge in [0, 0.05) is 17.8 Å². The van der Waals surface area contributed by atoms with Gasteiger partial charge < -0.3 is 4.74 Å². The third-order valence-electron chi connectivity index (χ3n) is 2.52. The van der Waals surface area contributed by atoms with Crippen LogP contribution in [-0.2, 0) is 12.1 Å². The van der Waals surface area contributed by atoms with Crippen LogP contribution in [0.1, 0.15) is 11.1 Å². The molecule has 0 unspecified atom stereocenters. The molecule has 0 amide bonds. The molecule has 2 rings (SSSR count). The van der Waals surface area contributed by atoms with Crippen LogP contribution in [0.4, 0.5) is 8.78 Å². The quantitative estimate of drug-likeness (QED) is 0.751. The minimum Gasteiger partial charge on any atom is -0.473 e. The van der Waals surface area contributed by atoms with Crippen molar-refractivity contribution in [3.05, 3.63) is 47.4 Å². The smallest absolute Gasteiger partial charge is 0.215 e. The third kappa shape index (κ3) is 3.59. The Morgan fingerprint density at radius 3 is 2.60 bits per heavy atom. The lowest BCUT2D eigenvalue weighted by Gasteiger charge is -2.16. The zero-order valence-corrected chi connectivity index (χ0v) is 10.4. The molecule has 0 spiro atoms. The summed E-state index contributed by atoms with van der Waals surface area (Å²) in [6.45, 7) is -0.100. The number of hydrogen-bond donors (Lipinski definition) is 0. The molecule has 0 bridgehead atoms. The van der Waals surface area contributed by atoms with E-state index in [1.165, 1.54) is 24.4 Å². The Kier molecular flexibility index (Phi) is 4.11. The number of nitrogens with zero attached hydrogens (tertiary/aromatic N) is 2. The van der Waals surface area contributed by atoms with Crippen LogP contribution < -0.4 is 10.5 Å². The number of benzene rings is 1. The maximum atomic E-state index is 13.7. The first-order chi connectivity index (χ1) is 9.36. The van der Waals surface area contributed by atoms with Gasteiger partial charge in [-0.15, -0.1) is 0 Å². The van der Waals surface area contributed by atoms with Gasteiger partial charge in [0.1, 0.15) is 28.1 Å². The molecule has 0 saturated heterocycles. The fourth-order valence-corrected chi connectivity index (χ4v) is 1.49. The Labute approximate surface area is 119 Å². The average Bonchev–Trinajstić information content (AvgIpc) is 2.36. The average molecular weight is 266 g/mol. The Morgan fingerprint density at radius 2 is 2.00 bits per heavy atom. The third-order valence-corrected chi connectivity index (χ3v) is 2.52. The summed E-state index contributed by atoms with van der Waals surface area (Å²) in [4.78, 5) is 7.49. The second-order valence-electron chi connectivity index (χ2n) is 4.12. The van der Waals surface area contributed by atoms with E-state index in [1.807, 2.05) is 0 Å². The summed E-state index contributed by atoms with van der Waals surface area (Å²) in [7, 11) is 15.5. The molecule has 94 valence electrons. The van der Waals surface area contributed by atoms with Gasteiger partial charge in [-0.1, -0.05) is 12.1 Å². The molecular formula is C12H7B3F2N2O. The largest absolute Gasteiger partial charge is 0.473 e. The molecule has 0 aliphatic heterocycles. The standard InChI is InChI=1S/C12H7B3F2N2O/c13-11-18-4-3-10(19-11)20-6-7-1-2-8(5-9(7)16)12(14,15)17/h1-5H,6H2. The summed E-state index contributed by atoms with van der Waals surface area (Å²) in [6.07, 6.45) is 1.41. The zero-order valence-electron chi connectivity index (χ0n) is 10.4. The highest BCUT2D eigenvalue weighted by Gasteiger charge is 2.19. The summed E-state index contributed by atoms with van der Waals surface area (Å²) >= 11 is 0. The zero-order chi connectivity index (χ0) is 14.8. The van der Waals surface area contributed by atoms with E-state index in [2.05, 4.69) is 9.97 Å². The van der Waals surface area contributed by atoms with E-state index in [0.717, 1.165) is 6.07 Å². The van der Waals surface area contributed by atoms with Gasteiger partial charge in [0.05, 0.1) is 11.2 Å². The minimum absolute atomic E-state index is 0.0480. The predicted octanol–water partition coefficient (Wildman–Crippen LogP) is 0.405. The monoisotopic (exact) mass is 266 g/mol. The molecule has 1 aromatic carbocycles. The molecule has 0 saturated carbocycles. The van der Waals surface area contributed by atoms with Crippen LogP contribution in [0.5, 0.6) is 5.88 Å². The van der Waals surface area contributed by atoms with Crippen molar-refractivity contribution < 1.29 is 13.5 Å². The molecule has 0 aliphatic rings. The Balaban J connectivity index is 2.11. The second-order valence-corrected chi connectivity index (χ2v) is 4.12. The summed E-state index contributed by atoms with van der Waals surface area (Å²) < 4.78 is 32.3. The van der Waals surface area contributed by atoms with Crippen molar-refractivity contribution >= 4 is 29.3 Å². The first-order valence-electron chi connectivity index (χ1n) is 5.63. The van der Waals surface area contributed by atoms with E-state index in [1.54, 1.807) is 0 Å². The molecule has 0 fully saturated rings. The van der Waals surface area contributed by atoms with Crippen molar-refractivity contribution in [3.63, 3.8) is 0 Å². The molecule has 2 aromatic rings. The van der Waals surface area contributed by atoms with E-state index >= 15 is 0 Å². The molecule has 0 atom stereocenters. The van der Waals surface area contributed by atoms with Crippen LogP contribution in [0.2, 0.25) is 0 Å². The van der Waals surface area contributed by atoms with Crippen LogP contribution in [0.3, 0.4) is 0 Å². The summed E-state index contributed by atoms with van der Waals surface area (Å²) in [5.74, 6) is -0.471. The molecule has 0 N–H and O–H groups in total. The summed E-state index contributed by atoms with van der Waals surface area (Å²) in [5.41, 5.74) is -2.49. The van der Waals surface area contributed by atoms with Crippen LogP contribution in [0.15, 0.2) is 30.5 Å². The van der Waals surface area contributed by atoms with E-state index in [0.29, 0.717) is 0 Å². The SMILES string of the molecule is [B]c1nccc(OCc2ccc(C([B])([B])F)cc2F)n1. The number of ether oxygens (including phenoxy) is 1. The number of halogens is 2. The van der Waals surface area contributed by atoms with Gasteiger partial charge in [-0.2, -0.15) is 0 Å². The molecule has 1 aromatic heterocycles. The van der Waals surface area contributed by atoms with Gasteiger partial charge in [-0.05, 0) is 11.6 Å². The van der Waals surface area contributed by atoms with Gasteiger partial charge >= 0.3 is 0 Å². The van der Waals surface area contributed by atoms with Crippen molar-refractivity contribution in [1.82, 2.24) is 9.97 Å². The molecule has 1 heterocycles. The number of hydrogen-bond acceptors (Lipinski definition) is 3. The van der Waals surface area contributed by atoms with Crippen LogP contribution in [0.25, 0.3) is 0 Å². The van der Waals surface area contributed by atoms with Crippen LogP contribution >= 0.6 is 0 Å². The molecule has 6 radical (unpaired) electrons. The maximum Gasteiger partial charge on any atom is 0.215 e. The topological polar surface area (TPSA) is 35.0 Å². The Morgan fingerprint density at radius 1 is 1.25 bits per heavy atom. The normalized spacial score (nSPS) is 11.3. The highest BCUT2D eigenvalue weighted by Crippen LogP contribution is 2.21. The maximum absolute atomic E-state index is 13.7. The highest BCUT2D eigenvalue weighted by molar-refractivity contribution is 6.38. The minimum atomic E-state index is -2.58. The number of alkyl halides is 1. The van der Waals surface area contributed by atoms with Crippen molar-refractivity contribution in [2.24, 2.45) is 0 Å². The van der Waals surface area contributed by atoms with Crippen LogP contribution in [0, 0.1) is 5.82 Å². The van der Waals surface area contributed by atoms with E-state index in [4.69, 9.17) is 28.3 Å². The van der Waals surface area contributed by atoms with E-state index in [-0.39, 0.29) is 29.3 Å². The second kappa shape index (κ2) is 5.65. The van der Waals surface area contributed by atoms with Gasteiger partial charge in [-0.3, -0.25) is 9.37 Å². The fourth-order valence-electron chi connectivity index (χ4n) is 1.49. The number of aromatic nitrogens is 2. The lowest BCUT2D eigenvalue weighted by Crippen LogP contribution is -2.20. The molecular weight excluding hydrogens is 259 g/mol. The molecule has 8 heteroatoms. The first kappa shape index (κ1) is 14.6. The Hall–Kier alpha value is -1.85. The lowest BCUT2D eigenvalue weighted by atomic mass is 9.63. The van der Waals surface area contributed by atoms with Gasteiger partial charge in [0.15, 0.2) is 7.85 Å². The van der Waals surface area contributed by atoms with Crippen molar-refractivity contribution in [2.75, 3.05) is 0 Å².